The standard InChI is InChI=1S/C20H24N4S/c21-12-14-5-7-15(8-6-14)13-23-20-22-10-9-17(24-20)19-11-16-3-1-2-4-18(16)25-19/h1-4,9-11,14-15H,5-8,12-13,21H2,(H,22,23,24). The molecule has 0 aliphatic heterocycles. The van der Waals surface area contributed by atoms with Crippen LogP contribution in [0.4, 0.5) is 5.95 Å². The Bertz CT molecular complexity index is 803. The highest BCUT2D eigenvalue weighted by molar-refractivity contribution is 7.22. The number of hydrogen-bond acceptors (Lipinski definition) is 5. The summed E-state index contributed by atoms with van der Waals surface area (Å²) in [4.78, 5) is 10.3. The topological polar surface area (TPSA) is 63.8 Å². The normalized spacial score (nSPS) is 20.7. The molecule has 0 amide bonds. The molecule has 1 aliphatic carbocycles. The number of aromatic nitrogens is 2. The predicted molar refractivity (Wildman–Crippen MR) is 106 cm³/mol. The Balaban J connectivity index is 1.43. The van der Waals surface area contributed by atoms with Crippen molar-refractivity contribution in [1.29, 1.82) is 0 Å². The lowest BCUT2D eigenvalue weighted by Crippen LogP contribution is -2.25. The molecule has 3 N–H and O–H groups in total. The number of anilines is 1. The van der Waals surface area contributed by atoms with E-state index in [-0.39, 0.29) is 0 Å². The largest absolute Gasteiger partial charge is 0.354 e. The van der Waals surface area contributed by atoms with Crippen molar-refractivity contribution in [3.05, 3.63) is 42.6 Å². The number of benzene rings is 1. The van der Waals surface area contributed by atoms with Crippen molar-refractivity contribution in [2.45, 2.75) is 25.7 Å². The molecular weight excluding hydrogens is 328 g/mol. The molecule has 4 nitrogen and oxygen atoms in total. The number of fused-ring (bicyclic) bond motifs is 1. The Hall–Kier alpha value is -1.98. The summed E-state index contributed by atoms with van der Waals surface area (Å²) < 4.78 is 1.29. The molecular formula is C20H24N4S. The van der Waals surface area contributed by atoms with Gasteiger partial charge < -0.3 is 11.1 Å². The molecule has 1 aromatic carbocycles. The first-order valence-electron chi connectivity index (χ1n) is 9.08. The summed E-state index contributed by atoms with van der Waals surface area (Å²) in [5.41, 5.74) is 6.77. The molecule has 130 valence electrons. The van der Waals surface area contributed by atoms with Crippen LogP contribution < -0.4 is 11.1 Å². The van der Waals surface area contributed by atoms with Gasteiger partial charge in [-0.15, -0.1) is 11.3 Å². The molecule has 3 aromatic rings. The molecule has 1 aliphatic rings. The number of nitrogens with two attached hydrogens (primary N) is 1. The molecule has 5 heteroatoms. The van der Waals surface area contributed by atoms with Crippen LogP contribution in [0.15, 0.2) is 42.6 Å². The van der Waals surface area contributed by atoms with E-state index in [1.54, 1.807) is 11.3 Å². The second-order valence-corrected chi connectivity index (χ2v) is 8.00. The third-order valence-electron chi connectivity index (χ3n) is 5.18. The van der Waals surface area contributed by atoms with Crippen LogP contribution >= 0.6 is 11.3 Å². The fourth-order valence-electron chi connectivity index (χ4n) is 3.60. The minimum absolute atomic E-state index is 0.708. The van der Waals surface area contributed by atoms with Gasteiger partial charge in [0.25, 0.3) is 0 Å². The van der Waals surface area contributed by atoms with Gasteiger partial charge in [-0.25, -0.2) is 9.97 Å². The van der Waals surface area contributed by atoms with E-state index in [0.29, 0.717) is 5.92 Å². The molecule has 0 atom stereocenters. The Labute approximate surface area is 152 Å². The highest BCUT2D eigenvalue weighted by Crippen LogP contribution is 2.32. The lowest BCUT2D eigenvalue weighted by atomic mass is 9.82. The summed E-state index contributed by atoms with van der Waals surface area (Å²) in [6.07, 6.45) is 6.87. The summed E-state index contributed by atoms with van der Waals surface area (Å²) >= 11 is 1.78. The molecule has 0 bridgehead atoms. The third kappa shape index (κ3) is 3.83. The minimum atomic E-state index is 0.708. The lowest BCUT2D eigenvalue weighted by molar-refractivity contribution is 0.289. The van der Waals surface area contributed by atoms with Gasteiger partial charge in [0.05, 0.1) is 10.6 Å². The van der Waals surface area contributed by atoms with Gasteiger partial charge in [-0.05, 0) is 67.6 Å². The first kappa shape index (κ1) is 16.5. The fourth-order valence-corrected chi connectivity index (χ4v) is 4.63. The maximum absolute atomic E-state index is 5.78. The van der Waals surface area contributed by atoms with E-state index in [9.17, 15) is 0 Å². The van der Waals surface area contributed by atoms with Gasteiger partial charge in [0, 0.05) is 17.4 Å². The summed E-state index contributed by atoms with van der Waals surface area (Å²) in [5, 5.41) is 4.71. The smallest absolute Gasteiger partial charge is 0.223 e. The van der Waals surface area contributed by atoms with Crippen molar-refractivity contribution in [1.82, 2.24) is 9.97 Å². The molecule has 0 saturated heterocycles. The monoisotopic (exact) mass is 352 g/mol. The number of nitrogens with one attached hydrogen (secondary N) is 1. The van der Waals surface area contributed by atoms with Gasteiger partial charge in [-0.2, -0.15) is 0 Å². The third-order valence-corrected chi connectivity index (χ3v) is 6.32. The zero-order valence-electron chi connectivity index (χ0n) is 14.3. The fraction of sp³-hybridized carbons (Fsp3) is 0.400. The second-order valence-electron chi connectivity index (χ2n) is 6.92. The van der Waals surface area contributed by atoms with Gasteiger partial charge in [0.15, 0.2) is 0 Å². The van der Waals surface area contributed by atoms with E-state index in [0.717, 1.165) is 30.6 Å². The van der Waals surface area contributed by atoms with E-state index in [4.69, 9.17) is 10.7 Å². The first-order chi connectivity index (χ1) is 12.3. The van der Waals surface area contributed by atoms with E-state index >= 15 is 0 Å². The van der Waals surface area contributed by atoms with Crippen LogP contribution in [0.5, 0.6) is 0 Å². The number of hydrogen-bond donors (Lipinski definition) is 2. The van der Waals surface area contributed by atoms with Gasteiger partial charge >= 0.3 is 0 Å². The Morgan fingerprint density at radius 3 is 2.68 bits per heavy atom. The summed E-state index contributed by atoms with van der Waals surface area (Å²) in [6.45, 7) is 1.79. The molecule has 2 heterocycles. The SMILES string of the molecule is NCC1CCC(CNc2nccc(-c3cc4ccccc4s3)n2)CC1. The van der Waals surface area contributed by atoms with Crippen LogP contribution in [0.3, 0.4) is 0 Å². The molecule has 25 heavy (non-hydrogen) atoms. The van der Waals surface area contributed by atoms with Crippen LogP contribution in [0.2, 0.25) is 0 Å². The van der Waals surface area contributed by atoms with Gasteiger partial charge in [-0.3, -0.25) is 0 Å². The molecule has 0 radical (unpaired) electrons. The van der Waals surface area contributed by atoms with Crippen molar-refractivity contribution in [2.24, 2.45) is 17.6 Å². The van der Waals surface area contributed by atoms with Crippen LogP contribution in [0.1, 0.15) is 25.7 Å². The highest BCUT2D eigenvalue weighted by Gasteiger charge is 2.20. The number of nitrogens with zero attached hydrogens (tertiary/aromatic N) is 2. The van der Waals surface area contributed by atoms with Crippen LogP contribution in [-0.2, 0) is 0 Å². The van der Waals surface area contributed by atoms with Crippen molar-refractivity contribution >= 4 is 27.4 Å². The minimum Gasteiger partial charge on any atom is -0.354 e. The summed E-state index contributed by atoms with van der Waals surface area (Å²) in [5.74, 6) is 2.17. The maximum atomic E-state index is 5.78. The Morgan fingerprint density at radius 2 is 1.88 bits per heavy atom. The summed E-state index contributed by atoms with van der Waals surface area (Å²) in [7, 11) is 0. The van der Waals surface area contributed by atoms with Crippen molar-refractivity contribution in [2.75, 3.05) is 18.4 Å². The van der Waals surface area contributed by atoms with Gasteiger partial charge in [0.1, 0.15) is 0 Å². The van der Waals surface area contributed by atoms with Crippen LogP contribution in [0, 0.1) is 11.8 Å². The Kier molecular flexibility index (Phi) is 4.95. The number of thiophene rings is 1. The molecule has 4 rings (SSSR count). The molecule has 2 aromatic heterocycles. The Morgan fingerprint density at radius 1 is 1.08 bits per heavy atom. The molecule has 1 fully saturated rings. The molecule has 0 spiro atoms. The highest BCUT2D eigenvalue weighted by atomic mass is 32.1. The second kappa shape index (κ2) is 7.50. The maximum Gasteiger partial charge on any atom is 0.223 e. The van der Waals surface area contributed by atoms with E-state index in [1.807, 2.05) is 12.3 Å². The van der Waals surface area contributed by atoms with Crippen LogP contribution in [0.25, 0.3) is 20.7 Å². The average molecular weight is 353 g/mol. The predicted octanol–water partition coefficient (Wildman–Crippen LogP) is 4.54. The molecule has 0 unspecified atom stereocenters. The first-order valence-corrected chi connectivity index (χ1v) is 9.89. The molecule has 1 saturated carbocycles. The van der Waals surface area contributed by atoms with Crippen molar-refractivity contribution in [3.8, 4) is 10.6 Å². The lowest BCUT2D eigenvalue weighted by Gasteiger charge is -2.27. The zero-order chi connectivity index (χ0) is 17.1. The van der Waals surface area contributed by atoms with Crippen molar-refractivity contribution in [3.63, 3.8) is 0 Å². The zero-order valence-corrected chi connectivity index (χ0v) is 15.1. The van der Waals surface area contributed by atoms with E-state index in [2.05, 4.69) is 40.6 Å². The quantitative estimate of drug-likeness (QED) is 0.708. The van der Waals surface area contributed by atoms with E-state index < -0.39 is 0 Å². The van der Waals surface area contributed by atoms with Gasteiger partial charge in [-0.1, -0.05) is 18.2 Å². The van der Waals surface area contributed by atoms with Crippen molar-refractivity contribution < 1.29 is 0 Å². The van der Waals surface area contributed by atoms with E-state index in [1.165, 1.54) is 40.6 Å². The summed E-state index contributed by atoms with van der Waals surface area (Å²) in [6, 6.07) is 12.7. The van der Waals surface area contributed by atoms with Gasteiger partial charge in [0.2, 0.25) is 5.95 Å². The number of rotatable bonds is 5. The average Bonchev–Trinajstić information content (AvgIpc) is 3.11. The van der Waals surface area contributed by atoms with Crippen LogP contribution in [-0.4, -0.2) is 23.1 Å².